The summed E-state index contributed by atoms with van der Waals surface area (Å²) in [6, 6.07) is 13.4. The molecule has 0 bridgehead atoms. The Hall–Kier alpha value is -2.53. The first kappa shape index (κ1) is 13.2. The maximum absolute atomic E-state index is 12.9. The Morgan fingerprint density at radius 2 is 2.09 bits per heavy atom. The summed E-state index contributed by atoms with van der Waals surface area (Å²) < 4.78 is 5.42. The molecule has 0 aliphatic carbocycles. The summed E-state index contributed by atoms with van der Waals surface area (Å²) in [6.07, 6.45) is 1.45. The Labute approximate surface area is 132 Å². The maximum atomic E-state index is 12.9. The zero-order valence-corrected chi connectivity index (χ0v) is 12.5. The van der Waals surface area contributed by atoms with Crippen LogP contribution in [0.5, 0.6) is 0 Å². The summed E-state index contributed by atoms with van der Waals surface area (Å²) in [5.41, 5.74) is 2.65. The summed E-state index contributed by atoms with van der Waals surface area (Å²) in [5.74, 6) is 0.789. The smallest absolute Gasteiger partial charge is 0.258 e. The van der Waals surface area contributed by atoms with Crippen molar-refractivity contribution in [2.24, 2.45) is 0 Å². The highest BCUT2D eigenvalue weighted by molar-refractivity contribution is 7.08. The molecule has 1 aliphatic rings. The van der Waals surface area contributed by atoms with Crippen LogP contribution in [-0.2, 0) is 6.54 Å². The maximum Gasteiger partial charge on any atom is 0.258 e. The Balaban J connectivity index is 1.76. The molecule has 0 radical (unpaired) electrons. The van der Waals surface area contributed by atoms with Crippen LogP contribution in [0.3, 0.4) is 0 Å². The van der Waals surface area contributed by atoms with Gasteiger partial charge in [-0.3, -0.25) is 4.79 Å². The van der Waals surface area contributed by atoms with E-state index in [2.05, 4.69) is 10.7 Å². The van der Waals surface area contributed by atoms with Crippen LogP contribution in [0, 0.1) is 0 Å². The van der Waals surface area contributed by atoms with Gasteiger partial charge in [-0.2, -0.15) is 11.3 Å². The molecule has 0 saturated heterocycles. The number of amides is 1. The second-order valence-corrected chi connectivity index (χ2v) is 5.94. The fourth-order valence-corrected chi connectivity index (χ4v) is 3.40. The van der Waals surface area contributed by atoms with Crippen LogP contribution in [0.25, 0.3) is 0 Å². The number of nitrogens with one attached hydrogen (secondary N) is 1. The molecule has 110 valence electrons. The van der Waals surface area contributed by atoms with Gasteiger partial charge in [0.2, 0.25) is 0 Å². The first-order valence-electron chi connectivity index (χ1n) is 7.04. The summed E-state index contributed by atoms with van der Waals surface area (Å²) in [7, 11) is 0. The van der Waals surface area contributed by atoms with E-state index < -0.39 is 0 Å². The number of thiophene rings is 1. The fraction of sp³-hybridized carbons (Fsp3) is 0.118. The predicted molar refractivity (Wildman–Crippen MR) is 85.7 cm³/mol. The zero-order valence-electron chi connectivity index (χ0n) is 11.7. The van der Waals surface area contributed by atoms with Gasteiger partial charge in [-0.15, -0.1) is 0 Å². The zero-order chi connectivity index (χ0) is 14.9. The average molecular weight is 310 g/mol. The molecule has 4 nitrogen and oxygen atoms in total. The largest absolute Gasteiger partial charge is 0.467 e. The number of nitrogens with zero attached hydrogens (tertiary/aromatic N) is 1. The molecule has 1 atom stereocenters. The van der Waals surface area contributed by atoms with Gasteiger partial charge in [-0.05, 0) is 41.1 Å². The number of hydrogen-bond acceptors (Lipinski definition) is 4. The molecular formula is C17H14N2O2S. The molecule has 5 heteroatoms. The van der Waals surface area contributed by atoms with Gasteiger partial charge in [0.15, 0.2) is 0 Å². The van der Waals surface area contributed by atoms with Crippen molar-refractivity contribution >= 4 is 22.9 Å². The summed E-state index contributed by atoms with van der Waals surface area (Å²) >= 11 is 1.62. The molecule has 22 heavy (non-hydrogen) atoms. The van der Waals surface area contributed by atoms with Gasteiger partial charge < -0.3 is 14.6 Å². The standard InChI is InChI=1S/C17H14N2O2S/c20-17-14-5-1-2-6-15(14)18-16(12-7-9-22-11-12)19(17)10-13-4-3-8-21-13/h1-9,11,16,18H,10H2. The lowest BCUT2D eigenvalue weighted by atomic mass is 10.0. The molecule has 1 aliphatic heterocycles. The molecule has 3 heterocycles. The van der Waals surface area contributed by atoms with Gasteiger partial charge in [0, 0.05) is 11.3 Å². The lowest BCUT2D eigenvalue weighted by Gasteiger charge is -2.37. The van der Waals surface area contributed by atoms with E-state index >= 15 is 0 Å². The number of anilines is 1. The second-order valence-electron chi connectivity index (χ2n) is 5.16. The van der Waals surface area contributed by atoms with Crippen molar-refractivity contribution in [2.75, 3.05) is 5.32 Å². The van der Waals surface area contributed by atoms with Gasteiger partial charge >= 0.3 is 0 Å². The molecule has 0 spiro atoms. The number of rotatable bonds is 3. The third-order valence-corrected chi connectivity index (χ3v) is 4.49. The van der Waals surface area contributed by atoms with E-state index in [-0.39, 0.29) is 12.1 Å². The van der Waals surface area contributed by atoms with E-state index in [0.29, 0.717) is 12.1 Å². The van der Waals surface area contributed by atoms with Gasteiger partial charge in [0.1, 0.15) is 11.9 Å². The quantitative estimate of drug-likeness (QED) is 0.792. The van der Waals surface area contributed by atoms with Crippen LogP contribution >= 0.6 is 11.3 Å². The van der Waals surface area contributed by atoms with Gasteiger partial charge in [0.05, 0.1) is 18.4 Å². The minimum Gasteiger partial charge on any atom is -0.467 e. The van der Waals surface area contributed by atoms with E-state index in [1.807, 2.05) is 52.7 Å². The van der Waals surface area contributed by atoms with Gasteiger partial charge in [-0.1, -0.05) is 12.1 Å². The van der Waals surface area contributed by atoms with Crippen molar-refractivity contribution in [1.82, 2.24) is 4.90 Å². The summed E-state index contributed by atoms with van der Waals surface area (Å²) in [6.45, 7) is 0.438. The van der Waals surface area contributed by atoms with E-state index in [9.17, 15) is 4.79 Å². The predicted octanol–water partition coefficient (Wildman–Crippen LogP) is 4.11. The highest BCUT2D eigenvalue weighted by Gasteiger charge is 2.33. The Morgan fingerprint density at radius 1 is 1.18 bits per heavy atom. The van der Waals surface area contributed by atoms with E-state index in [0.717, 1.165) is 17.0 Å². The van der Waals surface area contributed by atoms with Crippen LogP contribution in [-0.4, -0.2) is 10.8 Å². The van der Waals surface area contributed by atoms with E-state index in [4.69, 9.17) is 4.42 Å². The second kappa shape index (κ2) is 5.35. The molecule has 1 aromatic carbocycles. The van der Waals surface area contributed by atoms with Crippen LogP contribution in [0.15, 0.2) is 63.9 Å². The number of furan rings is 1. The van der Waals surface area contributed by atoms with Crippen molar-refractivity contribution in [1.29, 1.82) is 0 Å². The molecule has 4 rings (SSSR count). The first-order chi connectivity index (χ1) is 10.8. The monoisotopic (exact) mass is 310 g/mol. The summed E-state index contributed by atoms with van der Waals surface area (Å²) in [4.78, 5) is 14.7. The first-order valence-corrected chi connectivity index (χ1v) is 7.98. The molecule has 1 amide bonds. The number of fused-ring (bicyclic) bond motifs is 1. The third-order valence-electron chi connectivity index (χ3n) is 3.79. The molecule has 2 aromatic heterocycles. The van der Waals surface area contributed by atoms with Crippen molar-refractivity contribution < 1.29 is 9.21 Å². The normalized spacial score (nSPS) is 17.2. The van der Waals surface area contributed by atoms with Crippen molar-refractivity contribution in [3.63, 3.8) is 0 Å². The van der Waals surface area contributed by atoms with Crippen LogP contribution in [0.2, 0.25) is 0 Å². The highest BCUT2D eigenvalue weighted by atomic mass is 32.1. The average Bonchev–Trinajstić information content (AvgIpc) is 3.23. The molecule has 1 N–H and O–H groups in total. The Kier molecular flexibility index (Phi) is 3.20. The third kappa shape index (κ3) is 2.19. The minimum absolute atomic E-state index is 0.0157. The van der Waals surface area contributed by atoms with Gasteiger partial charge in [-0.25, -0.2) is 0 Å². The number of carbonyl (C=O) groups excluding carboxylic acids is 1. The SMILES string of the molecule is O=C1c2ccccc2NC(c2ccsc2)N1Cc1ccco1. The molecule has 3 aromatic rings. The fourth-order valence-electron chi connectivity index (χ4n) is 2.72. The van der Waals surface area contributed by atoms with Crippen LogP contribution in [0.1, 0.15) is 27.8 Å². The number of para-hydroxylation sites is 1. The lowest BCUT2D eigenvalue weighted by molar-refractivity contribution is 0.0652. The lowest BCUT2D eigenvalue weighted by Crippen LogP contribution is -2.42. The van der Waals surface area contributed by atoms with Crippen molar-refractivity contribution in [3.8, 4) is 0 Å². The molecule has 1 unspecified atom stereocenters. The van der Waals surface area contributed by atoms with E-state index in [1.165, 1.54) is 0 Å². The molecule has 0 fully saturated rings. The van der Waals surface area contributed by atoms with Crippen LogP contribution < -0.4 is 5.32 Å². The number of hydrogen-bond donors (Lipinski definition) is 1. The van der Waals surface area contributed by atoms with E-state index in [1.54, 1.807) is 17.6 Å². The number of benzene rings is 1. The Morgan fingerprint density at radius 3 is 2.86 bits per heavy atom. The van der Waals surface area contributed by atoms with Crippen molar-refractivity contribution in [2.45, 2.75) is 12.7 Å². The molecule has 0 saturated carbocycles. The van der Waals surface area contributed by atoms with Crippen molar-refractivity contribution in [3.05, 3.63) is 76.4 Å². The minimum atomic E-state index is -0.182. The van der Waals surface area contributed by atoms with Crippen LogP contribution in [0.4, 0.5) is 5.69 Å². The topological polar surface area (TPSA) is 45.5 Å². The van der Waals surface area contributed by atoms with Gasteiger partial charge in [0.25, 0.3) is 5.91 Å². The summed E-state index contributed by atoms with van der Waals surface area (Å²) in [5, 5.41) is 7.55. The Bertz CT molecular complexity index is 781. The number of carbonyl (C=O) groups is 1. The molecular weight excluding hydrogens is 296 g/mol. The highest BCUT2D eigenvalue weighted by Crippen LogP contribution is 2.34.